The van der Waals surface area contributed by atoms with E-state index in [0.29, 0.717) is 10.7 Å². The lowest BCUT2D eigenvalue weighted by Crippen LogP contribution is -2.20. The number of urea groups is 1. The number of nitrogens with zero attached hydrogens (tertiary/aromatic N) is 1. The highest BCUT2D eigenvalue weighted by Gasteiger charge is 2.16. The van der Waals surface area contributed by atoms with Gasteiger partial charge < -0.3 is 21.1 Å². The number of hydrogen-bond donors (Lipinski definition) is 3. The number of amidine groups is 1. The van der Waals surface area contributed by atoms with E-state index in [-0.39, 0.29) is 33.4 Å². The summed E-state index contributed by atoms with van der Waals surface area (Å²) in [6.45, 7) is 1.84. The number of amides is 3. The summed E-state index contributed by atoms with van der Waals surface area (Å²) in [4.78, 5) is 28.7. The van der Waals surface area contributed by atoms with Gasteiger partial charge in [0.25, 0.3) is 5.91 Å². The van der Waals surface area contributed by atoms with Crippen LogP contribution < -0.4 is 21.1 Å². The van der Waals surface area contributed by atoms with Gasteiger partial charge in [-0.25, -0.2) is 9.18 Å². The minimum Gasteiger partial charge on any atom is -0.496 e. The topological polar surface area (TPSA) is 106 Å². The molecule has 3 aromatic carbocycles. The van der Waals surface area contributed by atoms with Crippen LogP contribution in [0.15, 0.2) is 59.6 Å². The zero-order valence-corrected chi connectivity index (χ0v) is 19.1. The first-order valence-electron chi connectivity index (χ1n) is 9.54. The molecule has 0 aliphatic heterocycles. The molecule has 0 aliphatic rings. The number of aryl methyl sites for hydroxylation is 1. The Morgan fingerprint density at radius 1 is 1.06 bits per heavy atom. The molecule has 0 atom stereocenters. The summed E-state index contributed by atoms with van der Waals surface area (Å²) in [7, 11) is 1.39. The maximum absolute atomic E-state index is 14.0. The minimum absolute atomic E-state index is 0.0241. The van der Waals surface area contributed by atoms with Gasteiger partial charge in [-0.3, -0.25) is 4.79 Å². The van der Waals surface area contributed by atoms with Crippen molar-refractivity contribution in [2.75, 3.05) is 17.7 Å². The minimum atomic E-state index is -0.861. The number of hydrogen-bond acceptors (Lipinski definition) is 3. The average molecular weight is 489 g/mol. The molecule has 0 aromatic heterocycles. The summed E-state index contributed by atoms with van der Waals surface area (Å²) in [5.74, 6) is -1.30. The van der Waals surface area contributed by atoms with Crippen LogP contribution in [0, 0.1) is 12.7 Å². The van der Waals surface area contributed by atoms with Gasteiger partial charge in [0.2, 0.25) is 0 Å². The number of nitrogens with two attached hydrogens (primary N) is 1. The smallest absolute Gasteiger partial charge is 0.347 e. The van der Waals surface area contributed by atoms with Crippen molar-refractivity contribution in [2.45, 2.75) is 6.92 Å². The molecule has 0 bridgehead atoms. The van der Waals surface area contributed by atoms with Gasteiger partial charge in [-0.15, -0.1) is 0 Å². The van der Waals surface area contributed by atoms with E-state index in [1.165, 1.54) is 37.4 Å². The van der Waals surface area contributed by atoms with Crippen LogP contribution in [-0.4, -0.2) is 24.9 Å². The summed E-state index contributed by atoms with van der Waals surface area (Å²) >= 11 is 11.9. The fourth-order valence-electron chi connectivity index (χ4n) is 2.93. The maximum Gasteiger partial charge on any atom is 0.347 e. The second kappa shape index (κ2) is 10.3. The first-order valence-corrected chi connectivity index (χ1v) is 10.3. The molecule has 0 saturated heterocycles. The zero-order chi connectivity index (χ0) is 24.1. The van der Waals surface area contributed by atoms with Crippen molar-refractivity contribution in [1.29, 1.82) is 0 Å². The van der Waals surface area contributed by atoms with Crippen LogP contribution in [-0.2, 0) is 0 Å². The maximum atomic E-state index is 14.0. The number of anilines is 2. The van der Waals surface area contributed by atoms with Gasteiger partial charge in [0, 0.05) is 22.5 Å². The van der Waals surface area contributed by atoms with Gasteiger partial charge in [-0.1, -0.05) is 35.3 Å². The van der Waals surface area contributed by atoms with Crippen LogP contribution in [0.2, 0.25) is 10.0 Å². The molecular weight excluding hydrogens is 470 g/mol. The third-order valence-corrected chi connectivity index (χ3v) is 5.14. The van der Waals surface area contributed by atoms with Crippen molar-refractivity contribution in [2.24, 2.45) is 10.7 Å². The third kappa shape index (κ3) is 5.79. The Kier molecular flexibility index (Phi) is 7.52. The van der Waals surface area contributed by atoms with Crippen LogP contribution in [0.1, 0.15) is 21.5 Å². The number of rotatable bonds is 5. The molecule has 0 heterocycles. The van der Waals surface area contributed by atoms with Gasteiger partial charge in [0.05, 0.1) is 23.3 Å². The van der Waals surface area contributed by atoms with E-state index in [9.17, 15) is 14.0 Å². The number of halogens is 3. The van der Waals surface area contributed by atoms with E-state index in [1.807, 2.05) is 6.92 Å². The van der Waals surface area contributed by atoms with Crippen LogP contribution in [0.3, 0.4) is 0 Å². The number of carbonyl (C=O) groups excluding carboxylic acids is 2. The van der Waals surface area contributed by atoms with Gasteiger partial charge in [-0.05, 0) is 48.9 Å². The third-order valence-electron chi connectivity index (χ3n) is 4.59. The number of nitrogens with one attached hydrogen (secondary N) is 2. The molecule has 3 rings (SSSR count). The molecule has 0 fully saturated rings. The summed E-state index contributed by atoms with van der Waals surface area (Å²) in [5.41, 5.74) is 7.48. The predicted octanol–water partition coefficient (Wildman–Crippen LogP) is 5.64. The number of aliphatic imine (C=N–C) groups is 1. The molecule has 7 nitrogen and oxygen atoms in total. The summed E-state index contributed by atoms with van der Waals surface area (Å²) < 4.78 is 19.3. The lowest BCUT2D eigenvalue weighted by Gasteiger charge is -2.13. The highest BCUT2D eigenvalue weighted by Crippen LogP contribution is 2.26. The fourth-order valence-corrected chi connectivity index (χ4v) is 3.37. The largest absolute Gasteiger partial charge is 0.496 e. The van der Waals surface area contributed by atoms with E-state index < -0.39 is 17.8 Å². The second-order valence-corrected chi connectivity index (χ2v) is 7.70. The molecule has 3 amide bonds. The van der Waals surface area contributed by atoms with E-state index in [1.54, 1.807) is 18.2 Å². The molecule has 10 heteroatoms. The molecule has 3 aromatic rings. The number of carbonyl (C=O) groups is 2. The van der Waals surface area contributed by atoms with E-state index >= 15 is 0 Å². The molecule has 170 valence electrons. The lowest BCUT2D eigenvalue weighted by atomic mass is 10.1. The first kappa shape index (κ1) is 24.0. The van der Waals surface area contributed by atoms with Crippen molar-refractivity contribution in [3.05, 3.63) is 87.2 Å². The summed E-state index contributed by atoms with van der Waals surface area (Å²) in [5, 5.41) is 5.78. The van der Waals surface area contributed by atoms with Crippen molar-refractivity contribution >= 4 is 52.4 Å². The molecule has 0 unspecified atom stereocenters. The molecular formula is C23H19Cl2FN4O3. The Labute approximate surface area is 199 Å². The van der Waals surface area contributed by atoms with Crippen LogP contribution in [0.4, 0.5) is 20.6 Å². The van der Waals surface area contributed by atoms with Crippen LogP contribution >= 0.6 is 23.2 Å². The standard InChI is InChI=1S/C23H19Cl2FN4O3/c1-12-6-7-13(24)10-18(12)29-22(31)15-9-8-14(11-19(15)33-2)28-23(32)30-21(27)20-16(25)4-3-5-17(20)26/h3-11H,1-2H3,(H,29,31)(H3,27,28,30,32). The highest BCUT2D eigenvalue weighted by atomic mass is 35.5. The van der Waals surface area contributed by atoms with Gasteiger partial charge in [0.1, 0.15) is 17.4 Å². The Hall–Kier alpha value is -3.62. The van der Waals surface area contributed by atoms with E-state index in [2.05, 4.69) is 15.6 Å². The van der Waals surface area contributed by atoms with Crippen molar-refractivity contribution in [3.8, 4) is 5.75 Å². The molecule has 0 aliphatic carbocycles. The second-order valence-electron chi connectivity index (χ2n) is 6.85. The quantitative estimate of drug-likeness (QED) is 0.319. The summed E-state index contributed by atoms with van der Waals surface area (Å²) in [6.07, 6.45) is 0. The zero-order valence-electron chi connectivity index (χ0n) is 17.6. The predicted molar refractivity (Wildman–Crippen MR) is 128 cm³/mol. The van der Waals surface area contributed by atoms with Crippen molar-refractivity contribution in [3.63, 3.8) is 0 Å². The Morgan fingerprint density at radius 2 is 1.82 bits per heavy atom. The molecule has 4 N–H and O–H groups in total. The number of benzene rings is 3. The molecule has 0 radical (unpaired) electrons. The van der Waals surface area contributed by atoms with Crippen LogP contribution in [0.5, 0.6) is 5.75 Å². The monoisotopic (exact) mass is 488 g/mol. The number of methoxy groups -OCH3 is 1. The summed E-state index contributed by atoms with van der Waals surface area (Å²) in [6, 6.07) is 12.7. The normalized spacial score (nSPS) is 11.1. The average Bonchev–Trinajstić information content (AvgIpc) is 2.75. The lowest BCUT2D eigenvalue weighted by molar-refractivity contribution is 0.102. The molecule has 33 heavy (non-hydrogen) atoms. The first-order chi connectivity index (χ1) is 15.7. The van der Waals surface area contributed by atoms with Crippen molar-refractivity contribution in [1.82, 2.24) is 0 Å². The Bertz CT molecular complexity index is 1240. The Balaban J connectivity index is 1.78. The van der Waals surface area contributed by atoms with Gasteiger partial charge in [-0.2, -0.15) is 4.99 Å². The number of ether oxygens (including phenoxy) is 1. The van der Waals surface area contributed by atoms with Gasteiger partial charge >= 0.3 is 6.03 Å². The van der Waals surface area contributed by atoms with E-state index in [4.69, 9.17) is 33.7 Å². The van der Waals surface area contributed by atoms with Crippen LogP contribution in [0.25, 0.3) is 0 Å². The highest BCUT2D eigenvalue weighted by molar-refractivity contribution is 6.34. The molecule has 0 spiro atoms. The van der Waals surface area contributed by atoms with Gasteiger partial charge in [0.15, 0.2) is 0 Å². The molecule has 0 saturated carbocycles. The van der Waals surface area contributed by atoms with E-state index in [0.717, 1.165) is 11.6 Å². The Morgan fingerprint density at radius 3 is 2.52 bits per heavy atom. The SMILES string of the molecule is COc1cc(NC(=O)/N=C(\N)c2c(F)cccc2Cl)ccc1C(=O)Nc1cc(Cl)ccc1C. The fraction of sp³-hybridized carbons (Fsp3) is 0.0870. The van der Waals surface area contributed by atoms with Crippen molar-refractivity contribution < 1.29 is 18.7 Å².